The van der Waals surface area contributed by atoms with E-state index in [4.69, 9.17) is 23.7 Å². The Morgan fingerprint density at radius 1 is 1.03 bits per heavy atom. The fourth-order valence-electron chi connectivity index (χ4n) is 4.85. The van der Waals surface area contributed by atoms with Crippen molar-refractivity contribution in [3.63, 3.8) is 0 Å². The molecule has 0 spiro atoms. The summed E-state index contributed by atoms with van der Waals surface area (Å²) in [6.07, 6.45) is -1.09. The van der Waals surface area contributed by atoms with E-state index in [-0.39, 0.29) is 12.7 Å². The number of ether oxygens (including phenoxy) is 5. The van der Waals surface area contributed by atoms with Gasteiger partial charge >= 0.3 is 0 Å². The van der Waals surface area contributed by atoms with Crippen LogP contribution in [0.15, 0.2) is 24.3 Å². The van der Waals surface area contributed by atoms with Crippen molar-refractivity contribution < 1.29 is 38.7 Å². The Bertz CT molecular complexity index is 1030. The first-order valence-electron chi connectivity index (χ1n) is 11.0. The van der Waals surface area contributed by atoms with Gasteiger partial charge in [0.15, 0.2) is 23.0 Å². The lowest BCUT2D eigenvalue weighted by Crippen LogP contribution is -2.49. The van der Waals surface area contributed by atoms with Gasteiger partial charge in [-0.15, -0.1) is 0 Å². The zero-order valence-corrected chi connectivity index (χ0v) is 19.6. The monoisotopic (exact) mass is 474 g/mol. The first kappa shape index (κ1) is 23.9. The average molecular weight is 475 g/mol. The summed E-state index contributed by atoms with van der Waals surface area (Å²) in [6, 6.07) is 7.06. The van der Waals surface area contributed by atoms with Gasteiger partial charge in [0.1, 0.15) is 0 Å². The van der Waals surface area contributed by atoms with Gasteiger partial charge in [0, 0.05) is 25.0 Å². The number of amides is 1. The third kappa shape index (κ3) is 3.97. The van der Waals surface area contributed by atoms with Crippen LogP contribution in [-0.2, 0) is 4.79 Å². The summed E-state index contributed by atoms with van der Waals surface area (Å²) < 4.78 is 27.7. The van der Waals surface area contributed by atoms with Gasteiger partial charge in [-0.05, 0) is 41.0 Å². The first-order valence-corrected chi connectivity index (χ1v) is 11.0. The molecular formula is C24H30N2O8. The van der Waals surface area contributed by atoms with Crippen molar-refractivity contribution in [2.45, 2.75) is 18.9 Å². The van der Waals surface area contributed by atoms with Crippen LogP contribution >= 0.6 is 0 Å². The van der Waals surface area contributed by atoms with Crippen LogP contribution in [0.1, 0.15) is 35.6 Å². The van der Waals surface area contributed by atoms with E-state index < -0.39 is 30.5 Å². The van der Waals surface area contributed by atoms with E-state index in [1.807, 2.05) is 6.92 Å². The SMILES string of the molecule is CCNNC(=O)[C@H]1[C@@H](c2cc(OC)c(OC)c(OC)c2)c2cc3c(cc2[C@@H](O)[C@@H]1CO)OCO3. The van der Waals surface area contributed by atoms with E-state index in [9.17, 15) is 15.0 Å². The van der Waals surface area contributed by atoms with E-state index in [0.29, 0.717) is 52.0 Å². The second kappa shape index (κ2) is 9.96. The van der Waals surface area contributed by atoms with Crippen molar-refractivity contribution in [2.24, 2.45) is 11.8 Å². The summed E-state index contributed by atoms with van der Waals surface area (Å²) in [4.78, 5) is 13.4. The van der Waals surface area contributed by atoms with Crippen molar-refractivity contribution >= 4 is 5.91 Å². The summed E-state index contributed by atoms with van der Waals surface area (Å²) in [6.45, 7) is 2.03. The molecule has 4 N–H and O–H groups in total. The zero-order valence-electron chi connectivity index (χ0n) is 19.6. The molecule has 4 rings (SSSR count). The molecule has 10 heteroatoms. The van der Waals surface area contributed by atoms with E-state index in [1.54, 1.807) is 24.3 Å². The smallest absolute Gasteiger partial charge is 0.238 e. The number of aliphatic hydroxyl groups excluding tert-OH is 2. The molecule has 10 nitrogen and oxygen atoms in total. The molecule has 184 valence electrons. The van der Waals surface area contributed by atoms with Crippen LogP contribution < -0.4 is 34.5 Å². The molecule has 2 aromatic carbocycles. The van der Waals surface area contributed by atoms with Crippen molar-refractivity contribution in [3.8, 4) is 28.7 Å². The van der Waals surface area contributed by atoms with Crippen LogP contribution in [0.2, 0.25) is 0 Å². The normalized spacial score (nSPS) is 22.6. The molecule has 1 heterocycles. The number of nitrogens with one attached hydrogen (secondary N) is 2. The summed E-state index contributed by atoms with van der Waals surface area (Å²) in [5, 5.41) is 21.5. The Hall–Kier alpha value is -3.21. The number of hydrazine groups is 1. The largest absolute Gasteiger partial charge is 0.493 e. The maximum atomic E-state index is 13.4. The van der Waals surface area contributed by atoms with Gasteiger partial charge in [0.05, 0.1) is 33.4 Å². The second-order valence-corrected chi connectivity index (χ2v) is 8.11. The molecule has 1 amide bonds. The molecule has 0 saturated heterocycles. The molecule has 1 aliphatic carbocycles. The Kier molecular flexibility index (Phi) is 7.01. The molecule has 0 unspecified atom stereocenters. The van der Waals surface area contributed by atoms with Crippen molar-refractivity contribution in [3.05, 3.63) is 41.0 Å². The number of hydrogen-bond acceptors (Lipinski definition) is 9. The Morgan fingerprint density at radius 2 is 1.65 bits per heavy atom. The average Bonchev–Trinajstić information content (AvgIpc) is 3.32. The molecule has 0 aromatic heterocycles. The summed E-state index contributed by atoms with van der Waals surface area (Å²) >= 11 is 0. The fourth-order valence-corrected chi connectivity index (χ4v) is 4.85. The highest BCUT2D eigenvalue weighted by atomic mass is 16.7. The van der Waals surface area contributed by atoms with Crippen LogP contribution in [0.3, 0.4) is 0 Å². The maximum absolute atomic E-state index is 13.4. The van der Waals surface area contributed by atoms with Gasteiger partial charge < -0.3 is 33.9 Å². The highest BCUT2D eigenvalue weighted by Gasteiger charge is 2.47. The third-order valence-electron chi connectivity index (χ3n) is 6.41. The number of fused-ring (bicyclic) bond motifs is 2. The number of benzene rings is 2. The van der Waals surface area contributed by atoms with Gasteiger partial charge in [-0.3, -0.25) is 10.2 Å². The molecule has 2 aliphatic rings. The minimum atomic E-state index is -1.09. The van der Waals surface area contributed by atoms with Gasteiger partial charge in [-0.2, -0.15) is 0 Å². The predicted octanol–water partition coefficient (Wildman–Crippen LogP) is 1.49. The van der Waals surface area contributed by atoms with Crippen LogP contribution in [0, 0.1) is 11.8 Å². The second-order valence-electron chi connectivity index (χ2n) is 8.11. The number of carbonyl (C=O) groups excluding carboxylic acids is 1. The quantitative estimate of drug-likeness (QED) is 0.421. The van der Waals surface area contributed by atoms with Gasteiger partial charge in [-0.25, -0.2) is 5.43 Å². The highest BCUT2D eigenvalue weighted by Crippen LogP contribution is 2.53. The van der Waals surface area contributed by atoms with Gasteiger partial charge in [0.2, 0.25) is 18.4 Å². The summed E-state index contributed by atoms with van der Waals surface area (Å²) in [5.74, 6) is -0.230. The van der Waals surface area contributed by atoms with Gasteiger partial charge in [0.25, 0.3) is 0 Å². The Labute approximate surface area is 197 Å². The van der Waals surface area contributed by atoms with E-state index >= 15 is 0 Å². The number of carbonyl (C=O) groups is 1. The number of aliphatic hydroxyl groups is 2. The maximum Gasteiger partial charge on any atom is 0.238 e. The lowest BCUT2D eigenvalue weighted by atomic mass is 9.65. The molecule has 0 radical (unpaired) electrons. The van der Waals surface area contributed by atoms with Crippen LogP contribution in [-0.4, -0.2) is 57.4 Å². The zero-order chi connectivity index (χ0) is 24.4. The van der Waals surface area contributed by atoms with Crippen molar-refractivity contribution in [2.75, 3.05) is 41.3 Å². The number of methoxy groups -OCH3 is 3. The minimum absolute atomic E-state index is 0.0664. The molecule has 0 bridgehead atoms. The number of hydrogen-bond donors (Lipinski definition) is 4. The Morgan fingerprint density at radius 3 is 2.18 bits per heavy atom. The van der Waals surface area contributed by atoms with Gasteiger partial charge in [-0.1, -0.05) is 6.92 Å². The first-order chi connectivity index (χ1) is 16.5. The van der Waals surface area contributed by atoms with Crippen LogP contribution in [0.5, 0.6) is 28.7 Å². The minimum Gasteiger partial charge on any atom is -0.493 e. The topological polar surface area (TPSA) is 128 Å². The molecule has 1 aliphatic heterocycles. The van der Waals surface area contributed by atoms with E-state index in [1.165, 1.54) is 21.3 Å². The van der Waals surface area contributed by atoms with Crippen LogP contribution in [0.4, 0.5) is 0 Å². The summed E-state index contributed by atoms with van der Waals surface area (Å²) in [7, 11) is 4.55. The molecule has 4 atom stereocenters. The molecule has 2 aromatic rings. The standard InChI is InChI=1S/C24H30N2O8/c1-5-25-26-24(29)21-15(10-27)22(28)14-9-17-16(33-11-34-17)8-13(14)20(21)12-6-18(30-2)23(32-4)19(7-12)31-3/h6-9,15,20-22,25,27-28H,5,10-11H2,1-4H3,(H,26,29)/t15-,20+,21-,22-/m1/s1. The van der Waals surface area contributed by atoms with E-state index in [0.717, 1.165) is 0 Å². The lowest BCUT2D eigenvalue weighted by molar-refractivity contribution is -0.132. The van der Waals surface area contributed by atoms with Crippen molar-refractivity contribution in [1.82, 2.24) is 10.9 Å². The molecule has 0 fully saturated rings. The lowest BCUT2D eigenvalue weighted by Gasteiger charge is -2.41. The highest BCUT2D eigenvalue weighted by molar-refractivity contribution is 5.81. The molecule has 34 heavy (non-hydrogen) atoms. The predicted molar refractivity (Wildman–Crippen MR) is 121 cm³/mol. The van der Waals surface area contributed by atoms with Crippen molar-refractivity contribution in [1.29, 1.82) is 0 Å². The third-order valence-corrected chi connectivity index (χ3v) is 6.41. The fraction of sp³-hybridized carbons (Fsp3) is 0.458. The Balaban J connectivity index is 1.96. The van der Waals surface area contributed by atoms with E-state index in [2.05, 4.69) is 10.9 Å². The molecule has 0 saturated carbocycles. The van der Waals surface area contributed by atoms with Crippen LogP contribution in [0.25, 0.3) is 0 Å². The number of rotatable bonds is 8. The summed E-state index contributed by atoms with van der Waals surface area (Å²) in [5.41, 5.74) is 7.47. The molecular weight excluding hydrogens is 444 g/mol.